The number of urea groups is 1. The van der Waals surface area contributed by atoms with Crippen molar-refractivity contribution >= 4 is 23.1 Å². The van der Waals surface area contributed by atoms with Gasteiger partial charge >= 0.3 is 6.03 Å². The Morgan fingerprint density at radius 3 is 2.78 bits per heavy atom. The lowest BCUT2D eigenvalue weighted by Gasteiger charge is -2.29. The van der Waals surface area contributed by atoms with Gasteiger partial charge in [-0.3, -0.25) is 0 Å². The highest BCUT2D eigenvalue weighted by molar-refractivity contribution is 7.15. The van der Waals surface area contributed by atoms with Gasteiger partial charge in [-0.2, -0.15) is 0 Å². The van der Waals surface area contributed by atoms with Gasteiger partial charge in [0, 0.05) is 41.5 Å². The highest BCUT2D eigenvalue weighted by Gasteiger charge is 2.33. The highest BCUT2D eigenvalue weighted by Crippen LogP contribution is 2.42. The van der Waals surface area contributed by atoms with Crippen molar-refractivity contribution in [3.05, 3.63) is 58.2 Å². The molecule has 32 heavy (non-hydrogen) atoms. The summed E-state index contributed by atoms with van der Waals surface area (Å²) in [6.07, 6.45) is 3.13. The van der Waals surface area contributed by atoms with Gasteiger partial charge in [0.1, 0.15) is 16.5 Å². The topological polar surface area (TPSA) is 59.0 Å². The van der Waals surface area contributed by atoms with Crippen LogP contribution in [0.3, 0.4) is 0 Å². The maximum absolute atomic E-state index is 13.6. The van der Waals surface area contributed by atoms with Crippen molar-refractivity contribution < 1.29 is 14.3 Å². The Balaban J connectivity index is 1.53. The average molecular weight is 453 g/mol. The summed E-state index contributed by atoms with van der Waals surface area (Å²) in [5.41, 5.74) is 4.39. The van der Waals surface area contributed by atoms with Crippen LogP contribution >= 0.6 is 11.3 Å². The van der Waals surface area contributed by atoms with Crippen LogP contribution < -0.4 is 14.8 Å². The number of benzene rings is 1. The molecule has 0 fully saturated rings. The molecule has 3 aromatic rings. The van der Waals surface area contributed by atoms with Crippen molar-refractivity contribution in [3.63, 3.8) is 0 Å². The van der Waals surface area contributed by atoms with Crippen molar-refractivity contribution in [2.75, 3.05) is 33.1 Å². The largest absolute Gasteiger partial charge is 0.497 e. The number of nitrogens with one attached hydrogen (secondary N) is 1. The number of anilines is 1. The molecule has 4 heterocycles. The van der Waals surface area contributed by atoms with Gasteiger partial charge in [-0.15, -0.1) is 11.3 Å². The monoisotopic (exact) mass is 452 g/mol. The minimum Gasteiger partial charge on any atom is -0.497 e. The van der Waals surface area contributed by atoms with Crippen LogP contribution in [-0.2, 0) is 19.5 Å². The Morgan fingerprint density at radius 1 is 1.16 bits per heavy atom. The van der Waals surface area contributed by atoms with E-state index in [4.69, 9.17) is 9.47 Å². The molecule has 1 N–H and O–H groups in total. The number of likely N-dealkylation sites (N-methyl/N-ethyl adjacent to an activating group) is 1. The Bertz CT molecular complexity index is 1170. The molecule has 1 atom stereocenters. The minimum atomic E-state index is -0.155. The molecule has 0 bridgehead atoms. The number of carbonyl (C=O) groups excluding carboxylic acids is 1. The maximum Gasteiger partial charge on any atom is 0.322 e. The van der Waals surface area contributed by atoms with Crippen molar-refractivity contribution in [3.8, 4) is 16.5 Å². The van der Waals surface area contributed by atoms with E-state index >= 15 is 0 Å². The molecule has 0 saturated heterocycles. The second-order valence-electron chi connectivity index (χ2n) is 8.38. The van der Waals surface area contributed by atoms with Gasteiger partial charge in [-0.05, 0) is 50.2 Å². The fourth-order valence-electron chi connectivity index (χ4n) is 4.67. The van der Waals surface area contributed by atoms with Crippen molar-refractivity contribution in [2.45, 2.75) is 32.5 Å². The van der Waals surface area contributed by atoms with Crippen LogP contribution in [-0.4, -0.2) is 48.2 Å². The number of nitrogens with zero attached hydrogens (tertiary/aromatic N) is 3. The zero-order valence-electron chi connectivity index (χ0n) is 18.8. The fourth-order valence-corrected chi connectivity index (χ4v) is 6.12. The summed E-state index contributed by atoms with van der Waals surface area (Å²) in [5, 5.41) is 4.31. The first kappa shape index (κ1) is 20.9. The van der Waals surface area contributed by atoms with Gasteiger partial charge < -0.3 is 29.2 Å². The molecule has 2 aromatic heterocycles. The molecule has 168 valence electrons. The molecule has 0 aliphatic carbocycles. The third-order valence-corrected chi connectivity index (χ3v) is 7.73. The first-order valence-corrected chi connectivity index (χ1v) is 11.6. The predicted octanol–water partition coefficient (Wildman–Crippen LogP) is 4.65. The summed E-state index contributed by atoms with van der Waals surface area (Å²) in [6, 6.07) is 9.34. The second-order valence-corrected chi connectivity index (χ2v) is 9.46. The zero-order valence-corrected chi connectivity index (χ0v) is 19.7. The molecule has 2 aliphatic rings. The van der Waals surface area contributed by atoms with E-state index in [0.29, 0.717) is 23.7 Å². The predicted molar refractivity (Wildman–Crippen MR) is 126 cm³/mol. The number of ether oxygens (including phenoxy) is 2. The van der Waals surface area contributed by atoms with Gasteiger partial charge in [0.05, 0.1) is 32.5 Å². The van der Waals surface area contributed by atoms with E-state index in [0.717, 1.165) is 25.2 Å². The molecular weight excluding hydrogens is 424 g/mol. The van der Waals surface area contributed by atoms with Gasteiger partial charge in [-0.1, -0.05) is 0 Å². The van der Waals surface area contributed by atoms with Crippen LogP contribution in [0.2, 0.25) is 0 Å². The summed E-state index contributed by atoms with van der Waals surface area (Å²) >= 11 is 1.86. The van der Waals surface area contributed by atoms with Crippen LogP contribution in [0, 0.1) is 0 Å². The van der Waals surface area contributed by atoms with E-state index in [9.17, 15) is 4.79 Å². The number of hydrogen-bond acceptors (Lipinski definition) is 5. The molecule has 5 rings (SSSR count). The Kier molecular flexibility index (Phi) is 5.35. The van der Waals surface area contributed by atoms with Crippen molar-refractivity contribution in [1.29, 1.82) is 0 Å². The van der Waals surface area contributed by atoms with E-state index in [1.807, 2.05) is 22.3 Å². The van der Waals surface area contributed by atoms with Crippen molar-refractivity contribution in [2.24, 2.45) is 0 Å². The van der Waals surface area contributed by atoms with Crippen LogP contribution in [0.15, 0.2) is 36.5 Å². The maximum atomic E-state index is 13.6. The minimum absolute atomic E-state index is 0.0804. The molecule has 2 amide bonds. The van der Waals surface area contributed by atoms with E-state index in [-0.39, 0.29) is 12.1 Å². The number of carbonyl (C=O) groups is 1. The summed E-state index contributed by atoms with van der Waals surface area (Å²) < 4.78 is 13.1. The number of methoxy groups -OCH3 is 2. The molecule has 2 aliphatic heterocycles. The molecule has 0 spiro atoms. The van der Waals surface area contributed by atoms with Crippen LogP contribution in [0.1, 0.15) is 34.7 Å². The normalized spacial score (nSPS) is 17.8. The lowest BCUT2D eigenvalue weighted by Crippen LogP contribution is -2.36. The summed E-state index contributed by atoms with van der Waals surface area (Å²) in [7, 11) is 5.37. The number of rotatable bonds is 3. The summed E-state index contributed by atoms with van der Waals surface area (Å²) in [4.78, 5) is 19.3. The van der Waals surface area contributed by atoms with Gasteiger partial charge in [0.2, 0.25) is 0 Å². The summed E-state index contributed by atoms with van der Waals surface area (Å²) in [5.74, 6) is 1.26. The first-order valence-electron chi connectivity index (χ1n) is 10.8. The lowest BCUT2D eigenvalue weighted by atomic mass is 10.0. The highest BCUT2D eigenvalue weighted by atomic mass is 32.1. The van der Waals surface area contributed by atoms with Gasteiger partial charge in [-0.25, -0.2) is 4.79 Å². The zero-order chi connectivity index (χ0) is 22.4. The lowest BCUT2D eigenvalue weighted by molar-refractivity contribution is 0.189. The quantitative estimate of drug-likeness (QED) is 0.628. The number of aromatic nitrogens is 1. The smallest absolute Gasteiger partial charge is 0.322 e. The number of thiophene rings is 1. The molecule has 1 aromatic carbocycles. The van der Waals surface area contributed by atoms with E-state index in [1.54, 1.807) is 26.4 Å². The number of fused-ring (bicyclic) bond motifs is 5. The van der Waals surface area contributed by atoms with Gasteiger partial charge in [0.15, 0.2) is 0 Å². The molecule has 8 heteroatoms. The molecule has 7 nitrogen and oxygen atoms in total. The Labute approximate surface area is 192 Å². The average Bonchev–Trinajstić information content (AvgIpc) is 3.38. The molecule has 0 saturated carbocycles. The Morgan fingerprint density at radius 2 is 2.00 bits per heavy atom. The summed E-state index contributed by atoms with van der Waals surface area (Å²) in [6.45, 7) is 4.67. The van der Waals surface area contributed by atoms with Crippen LogP contribution in [0.4, 0.5) is 10.5 Å². The third kappa shape index (κ3) is 3.43. The van der Waals surface area contributed by atoms with Crippen LogP contribution in [0.25, 0.3) is 5.00 Å². The SMILES string of the molecule is COc1ccc(OC)c(NC(=O)N2Cc3c(sc4c3CCN(C)C4)-n3cccc3[C@@H]2C)c1. The van der Waals surface area contributed by atoms with Crippen LogP contribution in [0.5, 0.6) is 11.5 Å². The molecule has 0 unspecified atom stereocenters. The van der Waals surface area contributed by atoms with E-state index in [1.165, 1.54) is 21.0 Å². The molecular formula is C24H28N4O3S. The van der Waals surface area contributed by atoms with Crippen molar-refractivity contribution in [1.82, 2.24) is 14.4 Å². The Hall–Kier alpha value is -2.97. The second kappa shape index (κ2) is 8.18. The first-order chi connectivity index (χ1) is 15.5. The van der Waals surface area contributed by atoms with E-state index in [2.05, 4.69) is 47.1 Å². The van der Waals surface area contributed by atoms with E-state index < -0.39 is 0 Å². The number of hydrogen-bond donors (Lipinski definition) is 1. The standard InChI is InChI=1S/C24H28N4O3S/c1-15-20-6-5-10-27(20)23-18(17-9-11-26(2)14-22(17)32-23)13-28(15)24(29)25-19-12-16(30-3)7-8-21(19)31-4/h5-8,10,12,15H,9,11,13-14H2,1-4H3,(H,25,29)/t15-/m0/s1. The third-order valence-electron chi connectivity index (χ3n) is 6.47. The fraction of sp³-hybridized carbons (Fsp3) is 0.375. The molecule has 0 radical (unpaired) electrons. The van der Waals surface area contributed by atoms with Gasteiger partial charge in [0.25, 0.3) is 0 Å². The number of amides is 2.